The summed E-state index contributed by atoms with van der Waals surface area (Å²) in [7, 11) is 0. The molecular weight excluding hydrogens is 371 g/mol. The molecule has 1 aliphatic rings. The zero-order valence-corrected chi connectivity index (χ0v) is 17.8. The van der Waals surface area contributed by atoms with Gasteiger partial charge in [-0.3, -0.25) is 4.79 Å². The fourth-order valence-electron chi connectivity index (χ4n) is 3.27. The summed E-state index contributed by atoms with van der Waals surface area (Å²) in [6.07, 6.45) is 5.85. The van der Waals surface area contributed by atoms with Gasteiger partial charge in [0, 0.05) is 32.4 Å². The van der Waals surface area contributed by atoms with E-state index in [0.717, 1.165) is 43.2 Å². The van der Waals surface area contributed by atoms with Gasteiger partial charge >= 0.3 is 0 Å². The summed E-state index contributed by atoms with van der Waals surface area (Å²) in [5.41, 5.74) is 6.41. The first-order valence-electron chi connectivity index (χ1n) is 9.23. The number of aromatic nitrogens is 1. The molecule has 7 heteroatoms. The van der Waals surface area contributed by atoms with Crippen LogP contribution in [0.25, 0.3) is 0 Å². The minimum atomic E-state index is -0.447. The van der Waals surface area contributed by atoms with Crippen molar-refractivity contribution in [3.63, 3.8) is 0 Å². The lowest BCUT2D eigenvalue weighted by Gasteiger charge is -2.31. The highest BCUT2D eigenvalue weighted by molar-refractivity contribution is 5.85. The largest absolute Gasteiger partial charge is 0.357 e. The van der Waals surface area contributed by atoms with Crippen molar-refractivity contribution in [3.8, 4) is 0 Å². The number of carbonyl (C=O) groups excluding carboxylic acids is 1. The quantitative estimate of drug-likeness (QED) is 0.728. The lowest BCUT2D eigenvalue weighted by atomic mass is 9.81. The predicted octanol–water partition coefficient (Wildman–Crippen LogP) is 3.54. The van der Waals surface area contributed by atoms with Crippen LogP contribution in [0.4, 0.5) is 5.82 Å². The normalized spacial score (nSPS) is 15.0. The van der Waals surface area contributed by atoms with Gasteiger partial charge in [-0.2, -0.15) is 0 Å². The van der Waals surface area contributed by atoms with Crippen molar-refractivity contribution in [3.05, 3.63) is 23.9 Å². The van der Waals surface area contributed by atoms with E-state index in [1.165, 1.54) is 12.8 Å². The lowest BCUT2D eigenvalue weighted by Crippen LogP contribution is -2.45. The van der Waals surface area contributed by atoms with E-state index in [9.17, 15) is 4.79 Å². The van der Waals surface area contributed by atoms with Gasteiger partial charge in [0.1, 0.15) is 5.82 Å². The van der Waals surface area contributed by atoms with E-state index in [2.05, 4.69) is 34.3 Å². The zero-order chi connectivity index (χ0) is 17.6. The van der Waals surface area contributed by atoms with Crippen LogP contribution in [0.3, 0.4) is 0 Å². The molecule has 1 aromatic heterocycles. The summed E-state index contributed by atoms with van der Waals surface area (Å²) in [4.78, 5) is 19.4. The van der Waals surface area contributed by atoms with E-state index in [0.29, 0.717) is 13.1 Å². The minimum Gasteiger partial charge on any atom is -0.357 e. The number of rotatable bonds is 7. The first kappa shape index (κ1) is 25.0. The third-order valence-corrected chi connectivity index (χ3v) is 5.60. The number of anilines is 1. The van der Waals surface area contributed by atoms with Crippen molar-refractivity contribution in [2.24, 2.45) is 17.1 Å². The third kappa shape index (κ3) is 6.00. The second-order valence-electron chi connectivity index (χ2n) is 7.07. The van der Waals surface area contributed by atoms with Crippen LogP contribution in [0.1, 0.15) is 52.0 Å². The van der Waals surface area contributed by atoms with Crippen molar-refractivity contribution < 1.29 is 4.79 Å². The highest BCUT2D eigenvalue weighted by Gasteiger charge is 2.32. The van der Waals surface area contributed by atoms with Gasteiger partial charge in [0.15, 0.2) is 0 Å². The van der Waals surface area contributed by atoms with E-state index in [1.54, 1.807) is 0 Å². The van der Waals surface area contributed by atoms with E-state index < -0.39 is 5.41 Å². The fourth-order valence-corrected chi connectivity index (χ4v) is 3.27. The van der Waals surface area contributed by atoms with Crippen LogP contribution < -0.4 is 16.0 Å². The molecule has 1 aromatic rings. The highest BCUT2D eigenvalue weighted by Crippen LogP contribution is 2.25. The second-order valence-corrected chi connectivity index (χ2v) is 7.07. The number of pyridine rings is 1. The van der Waals surface area contributed by atoms with Crippen LogP contribution in [0.2, 0.25) is 0 Å². The van der Waals surface area contributed by atoms with Crippen LogP contribution in [0, 0.1) is 11.3 Å². The Morgan fingerprint density at radius 3 is 2.35 bits per heavy atom. The Balaban J connectivity index is 0.00000312. The summed E-state index contributed by atoms with van der Waals surface area (Å²) in [6.45, 7) is 9.40. The van der Waals surface area contributed by atoms with Crippen LogP contribution in [-0.2, 0) is 11.3 Å². The third-order valence-electron chi connectivity index (χ3n) is 5.60. The van der Waals surface area contributed by atoms with Crippen molar-refractivity contribution in [2.45, 2.75) is 53.0 Å². The number of nitrogens with zero attached hydrogens (tertiary/aromatic N) is 2. The maximum absolute atomic E-state index is 12.5. The lowest BCUT2D eigenvalue weighted by molar-refractivity contribution is -0.131. The average molecular weight is 405 g/mol. The zero-order valence-electron chi connectivity index (χ0n) is 16.2. The smallest absolute Gasteiger partial charge is 0.227 e. The Morgan fingerprint density at radius 2 is 1.88 bits per heavy atom. The number of carbonyl (C=O) groups is 1. The van der Waals surface area contributed by atoms with Gasteiger partial charge in [0.2, 0.25) is 5.91 Å². The molecular formula is C19H34Cl2N4O. The number of halogens is 2. The van der Waals surface area contributed by atoms with Crippen molar-refractivity contribution >= 4 is 36.5 Å². The second kappa shape index (κ2) is 11.6. The Bertz CT molecular complexity index is 519. The molecule has 0 aliphatic carbocycles. The van der Waals surface area contributed by atoms with E-state index in [4.69, 9.17) is 5.73 Å². The van der Waals surface area contributed by atoms with Gasteiger partial charge in [-0.05, 0) is 43.2 Å². The highest BCUT2D eigenvalue weighted by atomic mass is 35.5. The average Bonchev–Trinajstić information content (AvgIpc) is 2.63. The Hall–Kier alpha value is -1.04. The summed E-state index contributed by atoms with van der Waals surface area (Å²) >= 11 is 0. The number of piperidine rings is 1. The maximum atomic E-state index is 12.5. The molecule has 2 rings (SSSR count). The summed E-state index contributed by atoms with van der Waals surface area (Å²) in [5, 5.41) is 3.02. The van der Waals surface area contributed by atoms with Crippen LogP contribution >= 0.6 is 24.8 Å². The van der Waals surface area contributed by atoms with Gasteiger partial charge in [-0.25, -0.2) is 4.98 Å². The molecule has 0 radical (unpaired) electrons. The first-order chi connectivity index (χ1) is 11.5. The molecule has 0 unspecified atom stereocenters. The molecule has 26 heavy (non-hydrogen) atoms. The van der Waals surface area contributed by atoms with E-state index >= 15 is 0 Å². The van der Waals surface area contributed by atoms with Gasteiger partial charge in [-0.15, -0.1) is 24.8 Å². The predicted molar refractivity (Wildman–Crippen MR) is 113 cm³/mol. The molecule has 0 aromatic carbocycles. The summed E-state index contributed by atoms with van der Waals surface area (Å²) < 4.78 is 0. The maximum Gasteiger partial charge on any atom is 0.227 e. The summed E-state index contributed by atoms with van der Waals surface area (Å²) in [6, 6.07) is 4.12. The molecule has 150 valence electrons. The monoisotopic (exact) mass is 404 g/mol. The number of nitrogens with two attached hydrogens (primary N) is 1. The van der Waals surface area contributed by atoms with Crippen LogP contribution in [-0.4, -0.2) is 30.5 Å². The SMILES string of the molecule is CCC(CC)(CN)C(=O)NCc1ccc(N2CCC(C)CC2)nc1.Cl.Cl. The first-order valence-corrected chi connectivity index (χ1v) is 9.23. The molecule has 0 saturated carbocycles. The summed E-state index contributed by atoms with van der Waals surface area (Å²) in [5.74, 6) is 1.90. The molecule has 1 fully saturated rings. The molecule has 5 nitrogen and oxygen atoms in total. The molecule has 0 bridgehead atoms. The van der Waals surface area contributed by atoms with Crippen LogP contribution in [0.15, 0.2) is 18.3 Å². The molecule has 0 spiro atoms. The van der Waals surface area contributed by atoms with E-state index in [-0.39, 0.29) is 30.7 Å². The number of amides is 1. The van der Waals surface area contributed by atoms with Crippen molar-refractivity contribution in [1.29, 1.82) is 0 Å². The molecule has 1 amide bonds. The fraction of sp³-hybridized carbons (Fsp3) is 0.684. The van der Waals surface area contributed by atoms with Crippen molar-refractivity contribution in [2.75, 3.05) is 24.5 Å². The molecule has 1 saturated heterocycles. The number of nitrogens with one attached hydrogen (secondary N) is 1. The number of hydrogen-bond acceptors (Lipinski definition) is 4. The molecule has 3 N–H and O–H groups in total. The standard InChI is InChI=1S/C19H32N4O.2ClH/c1-4-19(5-2,14-20)18(24)22-13-16-6-7-17(21-12-16)23-10-8-15(3)9-11-23;;/h6-7,12,15H,4-5,8-11,13-14,20H2,1-3H3,(H,22,24);2*1H. The van der Waals surface area contributed by atoms with Crippen molar-refractivity contribution in [1.82, 2.24) is 10.3 Å². The minimum absolute atomic E-state index is 0. The number of hydrogen-bond donors (Lipinski definition) is 2. The Kier molecular flexibility index (Phi) is 11.2. The van der Waals surface area contributed by atoms with Crippen LogP contribution in [0.5, 0.6) is 0 Å². The van der Waals surface area contributed by atoms with E-state index in [1.807, 2.05) is 20.0 Å². The molecule has 0 atom stereocenters. The molecule has 2 heterocycles. The Morgan fingerprint density at radius 1 is 1.27 bits per heavy atom. The van der Waals surface area contributed by atoms with Gasteiger partial charge in [0.05, 0.1) is 5.41 Å². The van der Waals surface area contributed by atoms with Gasteiger partial charge < -0.3 is 16.0 Å². The van der Waals surface area contributed by atoms with Gasteiger partial charge in [-0.1, -0.05) is 26.8 Å². The topological polar surface area (TPSA) is 71.2 Å². The molecule has 1 aliphatic heterocycles. The Labute approximate surface area is 170 Å². The van der Waals surface area contributed by atoms with Gasteiger partial charge in [0.25, 0.3) is 0 Å².